The van der Waals surface area contributed by atoms with Gasteiger partial charge in [-0.15, -0.1) is 0 Å². The molecule has 1 aliphatic carbocycles. The van der Waals surface area contributed by atoms with E-state index in [1.807, 2.05) is 7.05 Å². The third kappa shape index (κ3) is 3.07. The summed E-state index contributed by atoms with van der Waals surface area (Å²) in [6.07, 6.45) is 1.64. The van der Waals surface area contributed by atoms with Crippen LogP contribution in [0.3, 0.4) is 0 Å². The van der Waals surface area contributed by atoms with E-state index in [-0.39, 0.29) is 18.0 Å². The SMILES string of the molecule is CN(CC1CC(O)C1)C(CN)c1ccc(F)cc1. The Morgan fingerprint density at radius 1 is 1.39 bits per heavy atom. The number of hydrogen-bond donors (Lipinski definition) is 2. The molecule has 3 N–H and O–H groups in total. The summed E-state index contributed by atoms with van der Waals surface area (Å²) in [5, 5.41) is 9.29. The Labute approximate surface area is 107 Å². The van der Waals surface area contributed by atoms with Crippen LogP contribution in [0.25, 0.3) is 0 Å². The highest BCUT2D eigenvalue weighted by atomic mass is 19.1. The van der Waals surface area contributed by atoms with E-state index in [1.165, 1.54) is 12.1 Å². The molecular formula is C14H21FN2O. The van der Waals surface area contributed by atoms with Crippen molar-refractivity contribution in [3.8, 4) is 0 Å². The molecule has 0 saturated heterocycles. The van der Waals surface area contributed by atoms with E-state index >= 15 is 0 Å². The molecule has 1 aromatic carbocycles. The van der Waals surface area contributed by atoms with Gasteiger partial charge in [-0.3, -0.25) is 4.90 Å². The van der Waals surface area contributed by atoms with Crippen molar-refractivity contribution in [1.82, 2.24) is 4.90 Å². The van der Waals surface area contributed by atoms with Gasteiger partial charge in [0.1, 0.15) is 5.82 Å². The quantitative estimate of drug-likeness (QED) is 0.835. The first-order valence-corrected chi connectivity index (χ1v) is 6.44. The number of nitrogens with zero attached hydrogens (tertiary/aromatic N) is 1. The Balaban J connectivity index is 1.96. The Morgan fingerprint density at radius 2 is 2.00 bits per heavy atom. The van der Waals surface area contributed by atoms with Gasteiger partial charge in [-0.05, 0) is 43.5 Å². The number of aliphatic hydroxyl groups is 1. The second-order valence-corrected chi connectivity index (χ2v) is 5.23. The second kappa shape index (κ2) is 5.78. The van der Waals surface area contributed by atoms with Crippen molar-refractivity contribution in [1.29, 1.82) is 0 Å². The van der Waals surface area contributed by atoms with Gasteiger partial charge < -0.3 is 10.8 Å². The fourth-order valence-electron chi connectivity index (χ4n) is 2.64. The van der Waals surface area contributed by atoms with Crippen molar-refractivity contribution in [2.24, 2.45) is 11.7 Å². The monoisotopic (exact) mass is 252 g/mol. The predicted molar refractivity (Wildman–Crippen MR) is 69.6 cm³/mol. The average Bonchev–Trinajstić information content (AvgIpc) is 2.30. The van der Waals surface area contributed by atoms with E-state index in [2.05, 4.69) is 4.90 Å². The average molecular weight is 252 g/mol. The fraction of sp³-hybridized carbons (Fsp3) is 0.571. The standard InChI is InChI=1S/C14H21FN2O/c1-17(9-10-6-13(18)7-10)14(8-16)11-2-4-12(15)5-3-11/h2-5,10,13-14,18H,6-9,16H2,1H3. The van der Waals surface area contributed by atoms with Crippen LogP contribution >= 0.6 is 0 Å². The number of halogens is 1. The number of benzene rings is 1. The summed E-state index contributed by atoms with van der Waals surface area (Å²) in [6.45, 7) is 1.44. The van der Waals surface area contributed by atoms with Crippen LogP contribution in [0.5, 0.6) is 0 Å². The third-order valence-electron chi connectivity index (χ3n) is 3.77. The maximum absolute atomic E-state index is 12.9. The first-order chi connectivity index (χ1) is 8.60. The maximum atomic E-state index is 12.9. The summed E-state index contributed by atoms with van der Waals surface area (Å²) < 4.78 is 12.9. The maximum Gasteiger partial charge on any atom is 0.123 e. The molecule has 1 atom stereocenters. The van der Waals surface area contributed by atoms with Gasteiger partial charge in [0.15, 0.2) is 0 Å². The normalized spacial score (nSPS) is 24.9. The molecule has 1 unspecified atom stereocenters. The van der Waals surface area contributed by atoms with Crippen LogP contribution in [0.2, 0.25) is 0 Å². The van der Waals surface area contributed by atoms with E-state index in [9.17, 15) is 9.50 Å². The zero-order chi connectivity index (χ0) is 13.1. The Morgan fingerprint density at radius 3 is 2.50 bits per heavy atom. The summed E-state index contributed by atoms with van der Waals surface area (Å²) in [5.41, 5.74) is 6.86. The van der Waals surface area contributed by atoms with Crippen molar-refractivity contribution in [3.05, 3.63) is 35.6 Å². The number of hydrogen-bond acceptors (Lipinski definition) is 3. The van der Waals surface area contributed by atoms with Gasteiger partial charge >= 0.3 is 0 Å². The molecule has 0 aliphatic heterocycles. The Kier molecular flexibility index (Phi) is 4.32. The molecule has 3 nitrogen and oxygen atoms in total. The van der Waals surface area contributed by atoms with Crippen molar-refractivity contribution in [2.45, 2.75) is 25.0 Å². The van der Waals surface area contributed by atoms with Crippen LogP contribution < -0.4 is 5.73 Å². The van der Waals surface area contributed by atoms with E-state index in [0.29, 0.717) is 12.5 Å². The van der Waals surface area contributed by atoms with Crippen molar-refractivity contribution < 1.29 is 9.50 Å². The zero-order valence-corrected chi connectivity index (χ0v) is 10.7. The molecule has 18 heavy (non-hydrogen) atoms. The topological polar surface area (TPSA) is 49.5 Å². The van der Waals surface area contributed by atoms with Crippen LogP contribution in [-0.4, -0.2) is 36.2 Å². The lowest BCUT2D eigenvalue weighted by atomic mass is 9.82. The van der Waals surface area contributed by atoms with E-state index in [0.717, 1.165) is 24.9 Å². The lowest BCUT2D eigenvalue weighted by Crippen LogP contribution is -2.40. The van der Waals surface area contributed by atoms with Crippen molar-refractivity contribution >= 4 is 0 Å². The summed E-state index contributed by atoms with van der Waals surface area (Å²) in [4.78, 5) is 2.20. The lowest BCUT2D eigenvalue weighted by Gasteiger charge is -2.37. The first-order valence-electron chi connectivity index (χ1n) is 6.44. The van der Waals surface area contributed by atoms with E-state index in [1.54, 1.807) is 12.1 Å². The third-order valence-corrected chi connectivity index (χ3v) is 3.77. The van der Waals surface area contributed by atoms with Crippen LogP contribution in [0.1, 0.15) is 24.4 Å². The van der Waals surface area contributed by atoms with Gasteiger partial charge in [-0.25, -0.2) is 4.39 Å². The van der Waals surface area contributed by atoms with Crippen LogP contribution in [-0.2, 0) is 0 Å². The van der Waals surface area contributed by atoms with Crippen LogP contribution in [0.4, 0.5) is 4.39 Å². The summed E-state index contributed by atoms with van der Waals surface area (Å²) in [6, 6.07) is 6.64. The Bertz CT molecular complexity index is 376. The minimum Gasteiger partial charge on any atom is -0.393 e. The molecule has 0 aromatic heterocycles. The molecule has 1 aliphatic rings. The highest BCUT2D eigenvalue weighted by Gasteiger charge is 2.29. The molecule has 1 aromatic rings. The number of rotatable bonds is 5. The van der Waals surface area contributed by atoms with Gasteiger partial charge in [-0.1, -0.05) is 12.1 Å². The zero-order valence-electron chi connectivity index (χ0n) is 10.7. The molecule has 0 spiro atoms. The molecule has 4 heteroatoms. The fourth-order valence-corrected chi connectivity index (χ4v) is 2.64. The summed E-state index contributed by atoms with van der Waals surface area (Å²) >= 11 is 0. The van der Waals surface area contributed by atoms with Gasteiger partial charge in [0.05, 0.1) is 6.10 Å². The van der Waals surface area contributed by atoms with Gasteiger partial charge in [-0.2, -0.15) is 0 Å². The van der Waals surface area contributed by atoms with Gasteiger partial charge in [0, 0.05) is 19.1 Å². The molecular weight excluding hydrogens is 231 g/mol. The summed E-state index contributed by atoms with van der Waals surface area (Å²) in [5.74, 6) is 0.332. The van der Waals surface area contributed by atoms with Gasteiger partial charge in [0.25, 0.3) is 0 Å². The molecule has 1 fully saturated rings. The summed E-state index contributed by atoms with van der Waals surface area (Å²) in [7, 11) is 2.03. The highest BCUT2D eigenvalue weighted by molar-refractivity contribution is 5.20. The molecule has 0 amide bonds. The molecule has 1 saturated carbocycles. The molecule has 0 bridgehead atoms. The first kappa shape index (κ1) is 13.5. The number of aliphatic hydroxyl groups excluding tert-OH is 1. The number of likely N-dealkylation sites (N-methyl/N-ethyl adjacent to an activating group) is 1. The van der Waals surface area contributed by atoms with Crippen molar-refractivity contribution in [2.75, 3.05) is 20.1 Å². The highest BCUT2D eigenvalue weighted by Crippen LogP contribution is 2.30. The van der Waals surface area contributed by atoms with Gasteiger partial charge in [0.2, 0.25) is 0 Å². The molecule has 100 valence electrons. The van der Waals surface area contributed by atoms with Crippen molar-refractivity contribution in [3.63, 3.8) is 0 Å². The lowest BCUT2D eigenvalue weighted by molar-refractivity contribution is 0.0224. The number of nitrogens with two attached hydrogens (primary N) is 1. The van der Waals surface area contributed by atoms with Crippen LogP contribution in [0.15, 0.2) is 24.3 Å². The molecule has 2 rings (SSSR count). The molecule has 0 heterocycles. The van der Waals surface area contributed by atoms with Crippen LogP contribution in [0, 0.1) is 11.7 Å². The Hall–Kier alpha value is -0.970. The smallest absolute Gasteiger partial charge is 0.123 e. The molecule has 0 radical (unpaired) electrons. The largest absolute Gasteiger partial charge is 0.393 e. The van der Waals surface area contributed by atoms with E-state index < -0.39 is 0 Å². The minimum absolute atomic E-state index is 0.114. The van der Waals surface area contributed by atoms with E-state index in [4.69, 9.17) is 5.73 Å². The second-order valence-electron chi connectivity index (χ2n) is 5.23. The minimum atomic E-state index is -0.223. The predicted octanol–water partition coefficient (Wildman–Crippen LogP) is 1.53.